The third-order valence-electron chi connectivity index (χ3n) is 3.08. The van der Waals surface area contributed by atoms with E-state index in [-0.39, 0.29) is 7.43 Å². The molecule has 0 bridgehead atoms. The Balaban J connectivity index is 0.000000245. The van der Waals surface area contributed by atoms with Crippen LogP contribution in [0.25, 0.3) is 0 Å². The van der Waals surface area contributed by atoms with Crippen LogP contribution >= 0.6 is 0 Å². The van der Waals surface area contributed by atoms with Crippen molar-refractivity contribution in [2.45, 2.75) is 59.5 Å². The van der Waals surface area contributed by atoms with Gasteiger partial charge in [0.05, 0.1) is 6.10 Å². The van der Waals surface area contributed by atoms with Gasteiger partial charge in [-0.25, -0.2) is 0 Å². The van der Waals surface area contributed by atoms with E-state index in [1.54, 1.807) is 0 Å². The van der Waals surface area contributed by atoms with Gasteiger partial charge in [-0.1, -0.05) is 27.7 Å². The van der Waals surface area contributed by atoms with Crippen LogP contribution in [-0.4, -0.2) is 25.9 Å². The van der Waals surface area contributed by atoms with Crippen molar-refractivity contribution in [1.82, 2.24) is 0 Å². The molecule has 2 saturated heterocycles. The Bertz CT molecular complexity index is 108. The van der Waals surface area contributed by atoms with E-state index in [2.05, 4.69) is 13.8 Å². The first kappa shape index (κ1) is 14.9. The van der Waals surface area contributed by atoms with Crippen LogP contribution in [-0.2, 0) is 9.47 Å². The lowest BCUT2D eigenvalue weighted by atomic mass is 10.1. The summed E-state index contributed by atoms with van der Waals surface area (Å²) in [4.78, 5) is 0. The molecule has 0 N–H and O–H groups in total. The minimum Gasteiger partial charge on any atom is -0.381 e. The van der Waals surface area contributed by atoms with Crippen molar-refractivity contribution in [2.24, 2.45) is 5.92 Å². The van der Waals surface area contributed by atoms with E-state index in [9.17, 15) is 0 Å². The second kappa shape index (κ2) is 9.17. The third-order valence-corrected chi connectivity index (χ3v) is 3.08. The molecule has 2 heteroatoms. The maximum atomic E-state index is 5.30. The van der Waals surface area contributed by atoms with Crippen LogP contribution in [0.5, 0.6) is 0 Å². The second-order valence-corrected chi connectivity index (χ2v) is 4.18. The highest BCUT2D eigenvalue weighted by Gasteiger charge is 2.12. The van der Waals surface area contributed by atoms with Crippen LogP contribution in [0.2, 0.25) is 0 Å². The topological polar surface area (TPSA) is 18.5 Å². The Kier molecular flexibility index (Phi) is 9.12. The molecule has 2 aliphatic heterocycles. The van der Waals surface area contributed by atoms with Gasteiger partial charge in [-0.3, -0.25) is 0 Å². The van der Waals surface area contributed by atoms with Crippen LogP contribution in [0, 0.1) is 5.92 Å². The Morgan fingerprint density at radius 3 is 2.13 bits per heavy atom. The fourth-order valence-corrected chi connectivity index (χ4v) is 1.87. The van der Waals surface area contributed by atoms with Gasteiger partial charge in [-0.2, -0.15) is 0 Å². The monoisotopic (exact) mass is 216 g/mol. The summed E-state index contributed by atoms with van der Waals surface area (Å²) in [5.41, 5.74) is 0. The van der Waals surface area contributed by atoms with E-state index in [1.807, 2.05) is 0 Å². The van der Waals surface area contributed by atoms with Gasteiger partial charge in [0, 0.05) is 19.8 Å². The highest BCUT2D eigenvalue weighted by atomic mass is 16.5. The lowest BCUT2D eigenvalue weighted by Crippen LogP contribution is -2.00. The van der Waals surface area contributed by atoms with Crippen molar-refractivity contribution >= 4 is 0 Å². The van der Waals surface area contributed by atoms with Crippen molar-refractivity contribution in [3.8, 4) is 0 Å². The molecule has 2 unspecified atom stereocenters. The van der Waals surface area contributed by atoms with E-state index >= 15 is 0 Å². The zero-order valence-corrected chi connectivity index (χ0v) is 9.63. The quantitative estimate of drug-likeness (QED) is 0.701. The molecule has 92 valence electrons. The zero-order valence-electron chi connectivity index (χ0n) is 9.63. The zero-order chi connectivity index (χ0) is 10.2. The first-order chi connectivity index (χ1) is 6.86. The molecule has 0 amide bonds. The smallest absolute Gasteiger partial charge is 0.0573 e. The number of ether oxygens (including phenoxy) is 2. The summed E-state index contributed by atoms with van der Waals surface area (Å²) in [7, 11) is 0. The van der Waals surface area contributed by atoms with Crippen molar-refractivity contribution < 1.29 is 9.47 Å². The molecule has 0 radical (unpaired) electrons. The van der Waals surface area contributed by atoms with Crippen LogP contribution in [0.4, 0.5) is 0 Å². The molecule has 2 aliphatic rings. The molecule has 0 aromatic carbocycles. The Hall–Kier alpha value is -0.0800. The lowest BCUT2D eigenvalue weighted by molar-refractivity contribution is 0.108. The van der Waals surface area contributed by atoms with E-state index in [0.29, 0.717) is 6.10 Å². The summed E-state index contributed by atoms with van der Waals surface area (Å²) in [6, 6.07) is 0. The van der Waals surface area contributed by atoms with Crippen molar-refractivity contribution in [3.05, 3.63) is 0 Å². The van der Waals surface area contributed by atoms with E-state index in [0.717, 1.165) is 25.7 Å². The molecule has 2 atom stereocenters. The van der Waals surface area contributed by atoms with Crippen LogP contribution in [0.3, 0.4) is 0 Å². The molecule has 0 aromatic rings. The average Bonchev–Trinajstić information content (AvgIpc) is 2.92. The van der Waals surface area contributed by atoms with Gasteiger partial charge in [-0.15, -0.1) is 0 Å². The largest absolute Gasteiger partial charge is 0.381 e. The normalized spacial score (nSPS) is 29.2. The Morgan fingerprint density at radius 1 is 1.07 bits per heavy atom. The molecule has 2 heterocycles. The van der Waals surface area contributed by atoms with E-state index in [1.165, 1.54) is 32.1 Å². The third kappa shape index (κ3) is 6.16. The van der Waals surface area contributed by atoms with Gasteiger partial charge in [-0.05, 0) is 31.6 Å². The SMILES string of the molecule is C.CCC1CCCO1.CCC1CCOC1. The molecular weight excluding hydrogens is 188 g/mol. The molecular formula is C13H28O2. The van der Waals surface area contributed by atoms with Crippen molar-refractivity contribution in [1.29, 1.82) is 0 Å². The molecule has 2 fully saturated rings. The average molecular weight is 216 g/mol. The summed E-state index contributed by atoms with van der Waals surface area (Å²) >= 11 is 0. The fourth-order valence-electron chi connectivity index (χ4n) is 1.87. The molecule has 2 nitrogen and oxygen atoms in total. The summed E-state index contributed by atoms with van der Waals surface area (Å²) in [6.45, 7) is 7.41. The van der Waals surface area contributed by atoms with Gasteiger partial charge in [0.15, 0.2) is 0 Å². The molecule has 0 saturated carbocycles. The summed E-state index contributed by atoms with van der Waals surface area (Å²) in [5, 5.41) is 0. The molecule has 15 heavy (non-hydrogen) atoms. The summed E-state index contributed by atoms with van der Waals surface area (Å²) < 4.78 is 10.5. The predicted molar refractivity (Wildman–Crippen MR) is 65.2 cm³/mol. The maximum absolute atomic E-state index is 5.30. The number of hydrogen-bond donors (Lipinski definition) is 0. The van der Waals surface area contributed by atoms with E-state index < -0.39 is 0 Å². The van der Waals surface area contributed by atoms with Crippen molar-refractivity contribution in [2.75, 3.05) is 19.8 Å². The fraction of sp³-hybridized carbons (Fsp3) is 1.00. The highest BCUT2D eigenvalue weighted by molar-refractivity contribution is 4.61. The molecule has 2 rings (SSSR count). The number of rotatable bonds is 2. The first-order valence-corrected chi connectivity index (χ1v) is 6.06. The summed E-state index contributed by atoms with van der Waals surface area (Å²) in [5.74, 6) is 0.875. The van der Waals surface area contributed by atoms with Gasteiger partial charge >= 0.3 is 0 Å². The predicted octanol–water partition coefficient (Wildman–Crippen LogP) is 3.64. The lowest BCUT2D eigenvalue weighted by Gasteiger charge is -2.01. The molecule has 0 aromatic heterocycles. The van der Waals surface area contributed by atoms with Crippen LogP contribution in [0.1, 0.15) is 53.4 Å². The first-order valence-electron chi connectivity index (χ1n) is 6.06. The van der Waals surface area contributed by atoms with Crippen LogP contribution in [0.15, 0.2) is 0 Å². The molecule has 0 spiro atoms. The van der Waals surface area contributed by atoms with Gasteiger partial charge in [0.25, 0.3) is 0 Å². The van der Waals surface area contributed by atoms with Gasteiger partial charge in [0.1, 0.15) is 0 Å². The van der Waals surface area contributed by atoms with Gasteiger partial charge < -0.3 is 9.47 Å². The molecule has 0 aliphatic carbocycles. The Morgan fingerprint density at radius 2 is 1.87 bits per heavy atom. The summed E-state index contributed by atoms with van der Waals surface area (Å²) in [6.07, 6.45) is 6.94. The van der Waals surface area contributed by atoms with E-state index in [4.69, 9.17) is 9.47 Å². The van der Waals surface area contributed by atoms with Crippen molar-refractivity contribution in [3.63, 3.8) is 0 Å². The Labute approximate surface area is 95.3 Å². The number of hydrogen-bond acceptors (Lipinski definition) is 2. The highest BCUT2D eigenvalue weighted by Crippen LogP contribution is 2.14. The minimum atomic E-state index is 0. The minimum absolute atomic E-state index is 0. The van der Waals surface area contributed by atoms with Crippen LogP contribution < -0.4 is 0 Å². The maximum Gasteiger partial charge on any atom is 0.0573 e. The van der Waals surface area contributed by atoms with Gasteiger partial charge in [0.2, 0.25) is 0 Å². The standard InChI is InChI=1S/2C6H12O.CH4/c1-2-6-3-4-7-5-6;1-2-6-4-3-5-7-6;/h2*6H,2-5H2,1H3;1H4. The second-order valence-electron chi connectivity index (χ2n) is 4.18.